The summed E-state index contributed by atoms with van der Waals surface area (Å²) in [5.41, 5.74) is 1.55. The maximum Gasteiger partial charge on any atom is 0.293 e. The van der Waals surface area contributed by atoms with Gasteiger partial charge in [0, 0.05) is 56.1 Å². The Morgan fingerprint density at radius 1 is 1.28 bits per heavy atom. The first-order valence-electron chi connectivity index (χ1n) is 13.1. The number of nitriles is 1. The van der Waals surface area contributed by atoms with Gasteiger partial charge in [-0.3, -0.25) is 4.79 Å². The van der Waals surface area contributed by atoms with Gasteiger partial charge in [-0.1, -0.05) is 25.4 Å². The fourth-order valence-electron chi connectivity index (χ4n) is 5.28. The van der Waals surface area contributed by atoms with E-state index < -0.39 is 6.17 Å². The fraction of sp³-hybridized carbons (Fsp3) is 0.464. The Hall–Kier alpha value is -3.39. The molecule has 11 heteroatoms. The Labute approximate surface area is 231 Å². The Morgan fingerprint density at radius 3 is 2.74 bits per heavy atom. The van der Waals surface area contributed by atoms with Crippen molar-refractivity contribution in [3.05, 3.63) is 51.3 Å². The molecule has 0 aliphatic carbocycles. The van der Waals surface area contributed by atoms with Crippen LogP contribution in [0.3, 0.4) is 0 Å². The molecule has 0 saturated carbocycles. The third-order valence-corrected chi connectivity index (χ3v) is 7.65. The number of aryl methyl sites for hydroxylation is 1. The molecular weight excluding hydrogens is 523 g/mol. The minimum absolute atomic E-state index is 0.118. The second-order valence-electron chi connectivity index (χ2n) is 10.4. The molecule has 206 valence electrons. The fourth-order valence-corrected chi connectivity index (χ4v) is 5.47. The number of halogens is 2. The zero-order valence-electron chi connectivity index (χ0n) is 22.2. The predicted octanol–water partition coefficient (Wildman–Crippen LogP) is 4.00. The number of rotatable bonds is 6. The van der Waals surface area contributed by atoms with Crippen molar-refractivity contribution in [2.75, 3.05) is 49.6 Å². The molecule has 39 heavy (non-hydrogen) atoms. The van der Waals surface area contributed by atoms with Crippen molar-refractivity contribution in [2.45, 2.75) is 26.1 Å². The second-order valence-corrected chi connectivity index (χ2v) is 10.8. The van der Waals surface area contributed by atoms with Crippen molar-refractivity contribution in [1.29, 1.82) is 5.26 Å². The summed E-state index contributed by atoms with van der Waals surface area (Å²) in [6.45, 7) is 7.02. The summed E-state index contributed by atoms with van der Waals surface area (Å²) >= 11 is 6.52. The number of morpholine rings is 1. The van der Waals surface area contributed by atoms with Crippen LogP contribution in [0, 0.1) is 23.2 Å². The minimum Gasteiger partial charge on any atom is -0.485 e. The van der Waals surface area contributed by atoms with Gasteiger partial charge < -0.3 is 29.6 Å². The van der Waals surface area contributed by atoms with E-state index in [-0.39, 0.29) is 35.9 Å². The normalized spacial score (nSPS) is 23.4. The molecule has 1 aromatic carbocycles. The van der Waals surface area contributed by atoms with Crippen molar-refractivity contribution < 1.29 is 13.9 Å². The average Bonchev–Trinajstić information content (AvgIpc) is 2.94. The van der Waals surface area contributed by atoms with Crippen molar-refractivity contribution in [1.82, 2.24) is 14.9 Å². The smallest absolute Gasteiger partial charge is 0.293 e. The zero-order chi connectivity index (χ0) is 27.7. The van der Waals surface area contributed by atoms with Crippen LogP contribution in [0.15, 0.2) is 35.1 Å². The van der Waals surface area contributed by atoms with Gasteiger partial charge in [-0.05, 0) is 30.3 Å². The first kappa shape index (κ1) is 27.2. The molecule has 2 aromatic heterocycles. The first-order valence-corrected chi connectivity index (χ1v) is 13.5. The average molecular weight is 555 g/mol. The molecule has 5 rings (SSSR count). The summed E-state index contributed by atoms with van der Waals surface area (Å²) in [5, 5.41) is 17.3. The van der Waals surface area contributed by atoms with Crippen molar-refractivity contribution in [3.8, 4) is 11.8 Å². The number of alkyl halides is 1. The molecule has 1 unspecified atom stereocenters. The van der Waals surface area contributed by atoms with Gasteiger partial charge in [0.05, 0.1) is 22.7 Å². The summed E-state index contributed by atoms with van der Waals surface area (Å²) in [7, 11) is 1.71. The van der Waals surface area contributed by atoms with Crippen LogP contribution in [0.25, 0.3) is 10.9 Å². The van der Waals surface area contributed by atoms with Gasteiger partial charge in [0.2, 0.25) is 0 Å². The molecule has 3 aromatic rings. The number of benzene rings is 1. The van der Waals surface area contributed by atoms with Gasteiger partial charge in [-0.2, -0.15) is 5.26 Å². The Kier molecular flexibility index (Phi) is 7.93. The number of aromatic nitrogens is 2. The van der Waals surface area contributed by atoms with Crippen LogP contribution >= 0.6 is 11.6 Å². The topological polar surface area (TPSA) is 104 Å². The monoisotopic (exact) mass is 554 g/mol. The number of hydrogen-bond donors (Lipinski definition) is 2. The quantitative estimate of drug-likeness (QED) is 0.471. The molecule has 0 spiro atoms. The molecule has 0 amide bonds. The largest absolute Gasteiger partial charge is 0.485 e. The molecule has 2 saturated heterocycles. The number of hydrogen-bond acceptors (Lipinski definition) is 8. The number of ether oxygens (including phenoxy) is 2. The summed E-state index contributed by atoms with van der Waals surface area (Å²) in [6, 6.07) is 11.0. The van der Waals surface area contributed by atoms with Crippen LogP contribution in [0.2, 0.25) is 5.02 Å². The van der Waals surface area contributed by atoms with Crippen LogP contribution in [0.4, 0.5) is 21.7 Å². The van der Waals surface area contributed by atoms with E-state index >= 15 is 0 Å². The Bertz CT molecular complexity index is 1460. The molecule has 0 radical (unpaired) electrons. The second kappa shape index (κ2) is 11.4. The molecule has 0 bridgehead atoms. The molecule has 9 nitrogen and oxygen atoms in total. The van der Waals surface area contributed by atoms with Crippen molar-refractivity contribution >= 4 is 39.8 Å². The van der Waals surface area contributed by atoms with E-state index in [1.807, 2.05) is 36.9 Å². The van der Waals surface area contributed by atoms with Crippen LogP contribution in [-0.4, -0.2) is 61.2 Å². The molecule has 4 atom stereocenters. The number of pyridine rings is 2. The third kappa shape index (κ3) is 5.66. The van der Waals surface area contributed by atoms with Crippen LogP contribution in [-0.2, 0) is 11.8 Å². The van der Waals surface area contributed by atoms with E-state index in [1.54, 1.807) is 23.7 Å². The Morgan fingerprint density at radius 2 is 2.05 bits per heavy atom. The highest BCUT2D eigenvalue weighted by Gasteiger charge is 2.33. The maximum absolute atomic E-state index is 14.4. The number of fused-ring (bicyclic) bond motifs is 1. The molecule has 2 fully saturated rings. The number of anilines is 3. The zero-order valence-corrected chi connectivity index (χ0v) is 23.0. The van der Waals surface area contributed by atoms with Gasteiger partial charge in [-0.15, -0.1) is 0 Å². The molecule has 2 aliphatic heterocycles. The van der Waals surface area contributed by atoms with Crippen LogP contribution in [0.5, 0.6) is 5.75 Å². The van der Waals surface area contributed by atoms with Gasteiger partial charge in [-0.25, -0.2) is 9.37 Å². The third-order valence-electron chi connectivity index (χ3n) is 7.36. The molecular formula is C28H32ClFN6O3. The molecule has 4 heterocycles. The van der Waals surface area contributed by atoms with E-state index in [2.05, 4.69) is 16.7 Å². The lowest BCUT2D eigenvalue weighted by Crippen LogP contribution is -2.46. The molecule has 2 aliphatic rings. The summed E-state index contributed by atoms with van der Waals surface area (Å²) in [6.07, 6.45) is -1.02. The van der Waals surface area contributed by atoms with E-state index in [1.165, 1.54) is 0 Å². The van der Waals surface area contributed by atoms with Gasteiger partial charge in [0.25, 0.3) is 5.56 Å². The lowest BCUT2D eigenvalue weighted by molar-refractivity contribution is -0.000135. The lowest BCUT2D eigenvalue weighted by atomic mass is 9.89. The van der Waals surface area contributed by atoms with Crippen LogP contribution in [0.1, 0.15) is 19.4 Å². The summed E-state index contributed by atoms with van der Waals surface area (Å²) < 4.78 is 27.5. The SMILES string of the molecule is C[C@@H]1CN(c2nc(Nc3ccc4c(c3)cc(OC[C@H]3CNCCO3)c(=O)n4C)c(Cl)cc2C#N)C[C@H](C)C1F. The van der Waals surface area contributed by atoms with Crippen molar-refractivity contribution in [2.24, 2.45) is 18.9 Å². The Balaban J connectivity index is 1.43. The van der Waals surface area contributed by atoms with Crippen molar-refractivity contribution in [3.63, 3.8) is 0 Å². The highest BCUT2D eigenvalue weighted by atomic mass is 35.5. The minimum atomic E-state index is -0.897. The standard InChI is InChI=1S/C28H32ClFN6O3/c1-16-13-36(14-17(2)25(16)30)27-19(11-31)9-22(29)26(34-27)33-20-4-5-23-18(8-20)10-24(28(37)35(23)3)39-15-21-12-32-6-7-38-21/h4-5,8-10,16-17,21,25,32H,6-7,12-15H2,1-3H3,(H,33,34)/t16-,17+,21-,25?/m1/s1. The molecule has 2 N–H and O–H groups in total. The van der Waals surface area contributed by atoms with E-state index in [9.17, 15) is 14.4 Å². The van der Waals surface area contributed by atoms with Crippen LogP contribution < -0.4 is 25.8 Å². The highest BCUT2D eigenvalue weighted by Crippen LogP contribution is 2.34. The highest BCUT2D eigenvalue weighted by molar-refractivity contribution is 6.33. The predicted molar refractivity (Wildman–Crippen MR) is 150 cm³/mol. The first-order chi connectivity index (χ1) is 18.7. The van der Waals surface area contributed by atoms with Gasteiger partial charge in [0.1, 0.15) is 30.8 Å². The lowest BCUT2D eigenvalue weighted by Gasteiger charge is -2.38. The number of nitrogens with one attached hydrogen (secondary N) is 2. The van der Waals surface area contributed by atoms with Gasteiger partial charge >= 0.3 is 0 Å². The van der Waals surface area contributed by atoms with E-state index in [0.29, 0.717) is 54.2 Å². The number of nitrogens with zero attached hydrogens (tertiary/aromatic N) is 4. The van der Waals surface area contributed by atoms with Gasteiger partial charge in [0.15, 0.2) is 11.6 Å². The summed E-state index contributed by atoms with van der Waals surface area (Å²) in [5.74, 6) is 0.745. The number of piperidine rings is 1. The maximum atomic E-state index is 14.4. The summed E-state index contributed by atoms with van der Waals surface area (Å²) in [4.78, 5) is 19.5. The van der Waals surface area contributed by atoms with E-state index in [0.717, 1.165) is 17.4 Å². The van der Waals surface area contributed by atoms with E-state index in [4.69, 9.17) is 26.1 Å².